The number of benzene rings is 2. The topological polar surface area (TPSA) is 49.6 Å². The van der Waals surface area contributed by atoms with Crippen LogP contribution in [0, 0.1) is 5.82 Å². The molecule has 1 atom stereocenters. The number of amides is 1. The molecule has 28 heavy (non-hydrogen) atoms. The Labute approximate surface area is 166 Å². The van der Waals surface area contributed by atoms with E-state index in [2.05, 4.69) is 22.8 Å². The molecule has 2 aliphatic heterocycles. The lowest BCUT2D eigenvalue weighted by molar-refractivity contribution is 0.100. The molecule has 0 saturated carbocycles. The smallest absolute Gasteiger partial charge is 0.248 e. The van der Waals surface area contributed by atoms with Crippen LogP contribution in [-0.4, -0.2) is 42.5 Å². The number of fused-ring (bicyclic) bond motifs is 1. The molecule has 0 bridgehead atoms. The minimum absolute atomic E-state index is 0.177. The third-order valence-corrected chi connectivity index (χ3v) is 6.22. The summed E-state index contributed by atoms with van der Waals surface area (Å²) in [6.45, 7) is 5.42. The zero-order valence-corrected chi connectivity index (χ0v) is 16.4. The number of anilines is 1. The van der Waals surface area contributed by atoms with Gasteiger partial charge in [-0.15, -0.1) is 0 Å². The van der Waals surface area contributed by atoms with Gasteiger partial charge in [-0.2, -0.15) is 0 Å². The second kappa shape index (κ2) is 7.92. The molecule has 0 radical (unpaired) electrons. The van der Waals surface area contributed by atoms with Crippen molar-refractivity contribution in [3.05, 3.63) is 65.0 Å². The van der Waals surface area contributed by atoms with Crippen LogP contribution < -0.4 is 10.6 Å². The number of halogens is 1. The van der Waals surface area contributed by atoms with Crippen molar-refractivity contribution in [2.45, 2.75) is 44.7 Å². The van der Waals surface area contributed by atoms with Crippen LogP contribution in [0.3, 0.4) is 0 Å². The highest BCUT2D eigenvalue weighted by atomic mass is 19.1. The van der Waals surface area contributed by atoms with Crippen LogP contribution in [0.4, 0.5) is 10.1 Å². The largest absolute Gasteiger partial charge is 0.366 e. The average Bonchev–Trinajstić information content (AvgIpc) is 3.03. The van der Waals surface area contributed by atoms with Crippen LogP contribution >= 0.6 is 0 Å². The van der Waals surface area contributed by atoms with E-state index in [1.807, 2.05) is 24.3 Å². The second-order valence-electron chi connectivity index (χ2n) is 8.12. The van der Waals surface area contributed by atoms with E-state index in [1.54, 1.807) is 0 Å². The van der Waals surface area contributed by atoms with Gasteiger partial charge >= 0.3 is 0 Å². The predicted molar refractivity (Wildman–Crippen MR) is 110 cm³/mol. The fourth-order valence-corrected chi connectivity index (χ4v) is 4.70. The number of nitrogens with zero attached hydrogens (tertiary/aromatic N) is 2. The highest BCUT2D eigenvalue weighted by Gasteiger charge is 2.33. The molecule has 1 unspecified atom stereocenters. The highest BCUT2D eigenvalue weighted by molar-refractivity contribution is 5.94. The first kappa shape index (κ1) is 18.9. The molecule has 2 aliphatic rings. The Morgan fingerprint density at radius 2 is 1.86 bits per heavy atom. The molecular weight excluding hydrogens is 353 g/mol. The van der Waals surface area contributed by atoms with Crippen LogP contribution in [0.1, 0.15) is 41.3 Å². The van der Waals surface area contributed by atoms with Crippen LogP contribution in [0.15, 0.2) is 42.5 Å². The highest BCUT2D eigenvalue weighted by Crippen LogP contribution is 2.37. The molecule has 0 aliphatic carbocycles. The van der Waals surface area contributed by atoms with Gasteiger partial charge in [0.25, 0.3) is 0 Å². The molecule has 0 spiro atoms. The number of hydrogen-bond donors (Lipinski definition) is 1. The molecule has 1 amide bonds. The first-order chi connectivity index (χ1) is 13.5. The van der Waals surface area contributed by atoms with E-state index in [-0.39, 0.29) is 11.7 Å². The minimum atomic E-state index is -0.363. The summed E-state index contributed by atoms with van der Waals surface area (Å²) in [6.07, 6.45) is 4.22. The van der Waals surface area contributed by atoms with Gasteiger partial charge < -0.3 is 15.5 Å². The summed E-state index contributed by atoms with van der Waals surface area (Å²) in [5, 5.41) is 0. The Kier molecular flexibility index (Phi) is 5.36. The number of nitrogens with two attached hydrogens (primary N) is 1. The van der Waals surface area contributed by atoms with Crippen molar-refractivity contribution in [3.8, 4) is 0 Å². The number of hydrogen-bond acceptors (Lipinski definition) is 3. The van der Waals surface area contributed by atoms with Crippen LogP contribution in [0.25, 0.3) is 0 Å². The SMILES string of the molecule is CC1Cc2ccc(C(N)=O)cc2N1C1CCN(CCc2ccc(F)cc2)CC1. The van der Waals surface area contributed by atoms with Gasteiger partial charge in [0.2, 0.25) is 5.91 Å². The Bertz CT molecular complexity index is 843. The Morgan fingerprint density at radius 3 is 2.54 bits per heavy atom. The minimum Gasteiger partial charge on any atom is -0.366 e. The van der Waals surface area contributed by atoms with Crippen molar-refractivity contribution < 1.29 is 9.18 Å². The second-order valence-corrected chi connectivity index (χ2v) is 8.12. The molecule has 2 aromatic carbocycles. The third-order valence-electron chi connectivity index (χ3n) is 6.22. The first-order valence-electron chi connectivity index (χ1n) is 10.2. The molecule has 4 nitrogen and oxygen atoms in total. The molecule has 5 heteroatoms. The summed E-state index contributed by atoms with van der Waals surface area (Å²) in [5.41, 5.74) is 9.77. The standard InChI is InChI=1S/C23H28FN3O/c1-16-14-18-4-5-19(23(25)28)15-22(18)27(16)21-9-12-26(13-10-21)11-8-17-2-6-20(24)7-3-17/h2-7,15-16,21H,8-14H2,1H3,(H2,25,28). The maximum atomic E-state index is 13.0. The van der Waals surface area contributed by atoms with Crippen molar-refractivity contribution in [1.29, 1.82) is 0 Å². The monoisotopic (exact) mass is 381 g/mol. The summed E-state index contributed by atoms with van der Waals surface area (Å²) >= 11 is 0. The molecule has 1 saturated heterocycles. The molecule has 2 N–H and O–H groups in total. The van der Waals surface area contributed by atoms with Crippen molar-refractivity contribution in [2.75, 3.05) is 24.5 Å². The summed E-state index contributed by atoms with van der Waals surface area (Å²) in [5.74, 6) is -0.540. The van der Waals surface area contributed by atoms with Crippen LogP contribution in [0.5, 0.6) is 0 Å². The van der Waals surface area contributed by atoms with Crippen LogP contribution in [-0.2, 0) is 12.8 Å². The van der Waals surface area contributed by atoms with Crippen molar-refractivity contribution >= 4 is 11.6 Å². The van der Waals surface area contributed by atoms with Crippen molar-refractivity contribution in [3.63, 3.8) is 0 Å². The number of rotatable bonds is 5. The maximum Gasteiger partial charge on any atom is 0.248 e. The van der Waals surface area contributed by atoms with Gasteiger partial charge in [-0.05, 0) is 68.0 Å². The maximum absolute atomic E-state index is 13.0. The summed E-state index contributed by atoms with van der Waals surface area (Å²) in [7, 11) is 0. The fraction of sp³-hybridized carbons (Fsp3) is 0.435. The van der Waals surface area contributed by atoms with E-state index in [0.717, 1.165) is 45.3 Å². The van der Waals surface area contributed by atoms with Crippen molar-refractivity contribution in [2.24, 2.45) is 5.73 Å². The Balaban J connectivity index is 1.37. The lowest BCUT2D eigenvalue weighted by Gasteiger charge is -2.40. The van der Waals surface area contributed by atoms with Gasteiger partial charge in [-0.25, -0.2) is 4.39 Å². The van der Waals surface area contributed by atoms with Gasteiger partial charge in [0.15, 0.2) is 0 Å². The summed E-state index contributed by atoms with van der Waals surface area (Å²) < 4.78 is 13.0. The Hall–Kier alpha value is -2.40. The number of likely N-dealkylation sites (tertiary alicyclic amines) is 1. The zero-order valence-electron chi connectivity index (χ0n) is 16.4. The van der Waals surface area contributed by atoms with E-state index < -0.39 is 0 Å². The van der Waals surface area contributed by atoms with E-state index in [0.29, 0.717) is 17.6 Å². The number of carbonyl (C=O) groups excluding carboxylic acids is 1. The number of piperidine rings is 1. The van der Waals surface area contributed by atoms with E-state index >= 15 is 0 Å². The Morgan fingerprint density at radius 1 is 1.14 bits per heavy atom. The average molecular weight is 381 g/mol. The van der Waals surface area contributed by atoms with Gasteiger partial charge in [0, 0.05) is 43.0 Å². The van der Waals surface area contributed by atoms with Gasteiger partial charge in [0.05, 0.1) is 0 Å². The van der Waals surface area contributed by atoms with Gasteiger partial charge in [-0.3, -0.25) is 4.79 Å². The van der Waals surface area contributed by atoms with E-state index in [9.17, 15) is 9.18 Å². The summed E-state index contributed by atoms with van der Waals surface area (Å²) in [6, 6.07) is 13.7. The normalized spacial score (nSPS) is 20.4. The predicted octanol–water partition coefficient (Wildman–Crippen LogP) is 3.38. The number of primary amides is 1. The zero-order chi connectivity index (χ0) is 19.7. The van der Waals surface area contributed by atoms with Crippen molar-refractivity contribution in [1.82, 2.24) is 4.90 Å². The van der Waals surface area contributed by atoms with Crippen LogP contribution in [0.2, 0.25) is 0 Å². The first-order valence-corrected chi connectivity index (χ1v) is 10.2. The molecule has 1 fully saturated rings. The molecule has 148 valence electrons. The fourth-order valence-electron chi connectivity index (χ4n) is 4.70. The summed E-state index contributed by atoms with van der Waals surface area (Å²) in [4.78, 5) is 16.6. The molecule has 2 aromatic rings. The molecule has 0 aromatic heterocycles. The third kappa shape index (κ3) is 3.90. The van der Waals surface area contributed by atoms with Gasteiger partial charge in [0.1, 0.15) is 5.82 Å². The molecule has 4 rings (SSSR count). The van der Waals surface area contributed by atoms with E-state index in [4.69, 9.17) is 5.73 Å². The lowest BCUT2D eigenvalue weighted by atomic mass is 10.0. The number of carbonyl (C=O) groups is 1. The quantitative estimate of drug-likeness (QED) is 0.864. The molecule has 2 heterocycles. The van der Waals surface area contributed by atoms with Gasteiger partial charge in [-0.1, -0.05) is 18.2 Å². The lowest BCUT2D eigenvalue weighted by Crippen LogP contribution is -2.47. The van der Waals surface area contributed by atoms with E-state index in [1.165, 1.54) is 28.9 Å². The molecular formula is C23H28FN3O.